The van der Waals surface area contributed by atoms with Gasteiger partial charge in [-0.2, -0.15) is 0 Å². The lowest BCUT2D eigenvalue weighted by Gasteiger charge is -2.13. The van der Waals surface area contributed by atoms with Crippen molar-refractivity contribution in [3.63, 3.8) is 0 Å². The van der Waals surface area contributed by atoms with Crippen LogP contribution in [0.3, 0.4) is 0 Å². The van der Waals surface area contributed by atoms with Crippen molar-refractivity contribution in [3.05, 3.63) is 47.5 Å². The fourth-order valence-electron chi connectivity index (χ4n) is 2.58. The largest absolute Gasteiger partial charge is 0.508 e. The van der Waals surface area contributed by atoms with Gasteiger partial charge in [-0.3, -0.25) is 0 Å². The summed E-state index contributed by atoms with van der Waals surface area (Å²) in [6, 6.07) is 11.8. The number of benzene rings is 2. The molecule has 20 heavy (non-hydrogen) atoms. The van der Waals surface area contributed by atoms with E-state index in [1.807, 2.05) is 18.2 Å². The molecule has 0 amide bonds. The zero-order valence-corrected chi connectivity index (χ0v) is 12.3. The average Bonchev–Trinajstić information content (AvgIpc) is 2.43. The second-order valence-electron chi connectivity index (χ2n) is 5.26. The molecule has 106 valence electrons. The van der Waals surface area contributed by atoms with Crippen LogP contribution >= 0.6 is 0 Å². The van der Waals surface area contributed by atoms with Crippen LogP contribution in [0.5, 0.6) is 5.75 Å². The summed E-state index contributed by atoms with van der Waals surface area (Å²) in [5.74, 6) is 0.292. The molecular formula is C18H23NO. The summed E-state index contributed by atoms with van der Waals surface area (Å²) in [4.78, 5) is 0. The number of aryl methyl sites for hydroxylation is 2. The lowest BCUT2D eigenvalue weighted by atomic mass is 9.93. The van der Waals surface area contributed by atoms with Crippen LogP contribution in [-0.4, -0.2) is 5.11 Å². The average molecular weight is 269 g/mol. The number of phenolic OH excluding ortho intramolecular Hbond substituents is 1. The SMILES string of the molecule is CCCc1ccc(N)c(-c2cc(O)ccc2CCC)c1. The van der Waals surface area contributed by atoms with Crippen LogP contribution in [0, 0.1) is 0 Å². The summed E-state index contributed by atoms with van der Waals surface area (Å²) in [6.45, 7) is 4.33. The number of rotatable bonds is 5. The van der Waals surface area contributed by atoms with Crippen molar-refractivity contribution in [3.8, 4) is 16.9 Å². The molecule has 0 aromatic heterocycles. The Morgan fingerprint density at radius 3 is 2.35 bits per heavy atom. The summed E-state index contributed by atoms with van der Waals surface area (Å²) in [5.41, 5.74) is 11.6. The van der Waals surface area contributed by atoms with E-state index in [0.29, 0.717) is 5.75 Å². The van der Waals surface area contributed by atoms with Gasteiger partial charge in [-0.25, -0.2) is 0 Å². The Labute approximate surface area is 121 Å². The Morgan fingerprint density at radius 1 is 0.900 bits per heavy atom. The number of hydrogen-bond donors (Lipinski definition) is 2. The molecule has 2 aromatic rings. The molecule has 0 aliphatic rings. The molecular weight excluding hydrogens is 246 g/mol. The van der Waals surface area contributed by atoms with E-state index >= 15 is 0 Å². The first-order chi connectivity index (χ1) is 9.65. The summed E-state index contributed by atoms with van der Waals surface area (Å²) in [5, 5.41) is 9.79. The molecule has 0 bridgehead atoms. The van der Waals surface area contributed by atoms with Gasteiger partial charge in [0.1, 0.15) is 5.75 Å². The van der Waals surface area contributed by atoms with E-state index in [1.54, 1.807) is 6.07 Å². The van der Waals surface area contributed by atoms with E-state index in [1.165, 1.54) is 11.1 Å². The Kier molecular flexibility index (Phi) is 4.67. The van der Waals surface area contributed by atoms with Crippen LogP contribution in [0.2, 0.25) is 0 Å². The van der Waals surface area contributed by atoms with Gasteiger partial charge >= 0.3 is 0 Å². The quantitative estimate of drug-likeness (QED) is 0.782. The van der Waals surface area contributed by atoms with Crippen LogP contribution in [0.15, 0.2) is 36.4 Å². The Balaban J connectivity index is 2.54. The summed E-state index contributed by atoms with van der Waals surface area (Å²) in [6.07, 6.45) is 4.24. The topological polar surface area (TPSA) is 46.2 Å². The lowest BCUT2D eigenvalue weighted by Crippen LogP contribution is -1.96. The van der Waals surface area contributed by atoms with Crippen LogP contribution < -0.4 is 5.73 Å². The highest BCUT2D eigenvalue weighted by Crippen LogP contribution is 2.33. The van der Waals surface area contributed by atoms with E-state index < -0.39 is 0 Å². The van der Waals surface area contributed by atoms with E-state index in [9.17, 15) is 5.11 Å². The maximum atomic E-state index is 9.79. The van der Waals surface area contributed by atoms with Gasteiger partial charge in [-0.05, 0) is 53.8 Å². The molecule has 0 aliphatic heterocycles. The number of aromatic hydroxyl groups is 1. The fraction of sp³-hybridized carbons (Fsp3) is 0.333. The third kappa shape index (κ3) is 3.13. The van der Waals surface area contributed by atoms with E-state index in [0.717, 1.165) is 42.5 Å². The Morgan fingerprint density at radius 2 is 1.65 bits per heavy atom. The fourth-order valence-corrected chi connectivity index (χ4v) is 2.58. The molecule has 0 spiro atoms. The van der Waals surface area contributed by atoms with Gasteiger partial charge in [-0.1, -0.05) is 38.8 Å². The molecule has 2 nitrogen and oxygen atoms in total. The predicted molar refractivity (Wildman–Crippen MR) is 85.9 cm³/mol. The normalized spacial score (nSPS) is 10.7. The molecule has 2 aromatic carbocycles. The zero-order valence-electron chi connectivity index (χ0n) is 12.3. The van der Waals surface area contributed by atoms with Crippen LogP contribution in [0.25, 0.3) is 11.1 Å². The number of hydrogen-bond acceptors (Lipinski definition) is 2. The minimum atomic E-state index is 0.292. The number of nitrogens with two attached hydrogens (primary N) is 1. The van der Waals surface area contributed by atoms with Gasteiger partial charge in [-0.15, -0.1) is 0 Å². The summed E-state index contributed by atoms with van der Waals surface area (Å²) < 4.78 is 0. The van der Waals surface area contributed by atoms with Gasteiger partial charge in [0.25, 0.3) is 0 Å². The smallest absolute Gasteiger partial charge is 0.116 e. The van der Waals surface area contributed by atoms with Crippen molar-refractivity contribution in [2.24, 2.45) is 0 Å². The first kappa shape index (κ1) is 14.4. The van der Waals surface area contributed by atoms with Crippen LogP contribution in [-0.2, 0) is 12.8 Å². The molecule has 0 heterocycles. The summed E-state index contributed by atoms with van der Waals surface area (Å²) in [7, 11) is 0. The van der Waals surface area contributed by atoms with E-state index in [-0.39, 0.29) is 0 Å². The zero-order chi connectivity index (χ0) is 14.5. The highest BCUT2D eigenvalue weighted by atomic mass is 16.3. The van der Waals surface area contributed by atoms with Crippen molar-refractivity contribution < 1.29 is 5.11 Å². The maximum Gasteiger partial charge on any atom is 0.116 e. The standard InChI is InChI=1S/C18H23NO/c1-3-5-13-7-10-18(19)17(11-13)16-12-15(20)9-8-14(16)6-4-2/h7-12,20H,3-6,19H2,1-2H3. The number of nitrogen functional groups attached to an aromatic ring is 1. The van der Waals surface area contributed by atoms with Crippen molar-refractivity contribution in [1.82, 2.24) is 0 Å². The number of anilines is 1. The Bertz CT molecular complexity index is 590. The molecule has 3 N–H and O–H groups in total. The van der Waals surface area contributed by atoms with Gasteiger partial charge in [0.2, 0.25) is 0 Å². The second-order valence-corrected chi connectivity index (χ2v) is 5.26. The third-order valence-corrected chi connectivity index (χ3v) is 3.56. The molecule has 0 fully saturated rings. The molecule has 0 saturated carbocycles. The molecule has 0 aliphatic carbocycles. The first-order valence-corrected chi connectivity index (χ1v) is 7.36. The summed E-state index contributed by atoms with van der Waals surface area (Å²) >= 11 is 0. The van der Waals surface area contributed by atoms with Crippen molar-refractivity contribution >= 4 is 5.69 Å². The van der Waals surface area contributed by atoms with Crippen molar-refractivity contribution in [2.45, 2.75) is 39.5 Å². The monoisotopic (exact) mass is 269 g/mol. The third-order valence-electron chi connectivity index (χ3n) is 3.56. The highest BCUT2D eigenvalue weighted by molar-refractivity contribution is 5.80. The van der Waals surface area contributed by atoms with Gasteiger partial charge < -0.3 is 10.8 Å². The maximum absolute atomic E-state index is 9.79. The molecule has 0 radical (unpaired) electrons. The van der Waals surface area contributed by atoms with E-state index in [4.69, 9.17) is 5.73 Å². The second kappa shape index (κ2) is 6.47. The first-order valence-electron chi connectivity index (χ1n) is 7.36. The van der Waals surface area contributed by atoms with Gasteiger partial charge in [0.15, 0.2) is 0 Å². The molecule has 0 unspecified atom stereocenters. The van der Waals surface area contributed by atoms with Crippen LogP contribution in [0.4, 0.5) is 5.69 Å². The van der Waals surface area contributed by atoms with E-state index in [2.05, 4.69) is 26.0 Å². The van der Waals surface area contributed by atoms with Crippen molar-refractivity contribution in [2.75, 3.05) is 5.73 Å². The Hall–Kier alpha value is -1.96. The number of phenols is 1. The molecule has 0 atom stereocenters. The molecule has 2 heteroatoms. The lowest BCUT2D eigenvalue weighted by molar-refractivity contribution is 0.475. The molecule has 2 rings (SSSR count). The minimum Gasteiger partial charge on any atom is -0.508 e. The highest BCUT2D eigenvalue weighted by Gasteiger charge is 2.10. The van der Waals surface area contributed by atoms with Gasteiger partial charge in [0, 0.05) is 11.3 Å². The van der Waals surface area contributed by atoms with Gasteiger partial charge in [0.05, 0.1) is 0 Å². The predicted octanol–water partition coefficient (Wildman–Crippen LogP) is 4.55. The molecule has 0 saturated heterocycles. The minimum absolute atomic E-state index is 0.292. The van der Waals surface area contributed by atoms with Crippen LogP contribution in [0.1, 0.15) is 37.8 Å². The van der Waals surface area contributed by atoms with Crippen molar-refractivity contribution in [1.29, 1.82) is 0 Å².